The number of nitrogens with one attached hydrogen (secondary N) is 2. The highest BCUT2D eigenvalue weighted by Gasteiger charge is 2.51. The van der Waals surface area contributed by atoms with Crippen molar-refractivity contribution < 1.29 is 19.1 Å². The van der Waals surface area contributed by atoms with Crippen LogP contribution in [0.2, 0.25) is 0 Å². The summed E-state index contributed by atoms with van der Waals surface area (Å²) >= 11 is 0. The fourth-order valence-electron chi connectivity index (χ4n) is 5.73. The first-order valence-electron chi connectivity index (χ1n) is 9.77. The number of Topliss-reactive ketones (excluding diaryl/α,β-unsaturated/α-hetero) is 1. The van der Waals surface area contributed by atoms with Crippen LogP contribution in [0.1, 0.15) is 55.8 Å². The molecule has 4 fully saturated rings. The van der Waals surface area contributed by atoms with Gasteiger partial charge in [-0.2, -0.15) is 0 Å². The average Bonchev–Trinajstić information content (AvgIpc) is 2.58. The maximum absolute atomic E-state index is 12.4. The molecule has 5 rings (SSSR count). The number of amides is 3. The van der Waals surface area contributed by atoms with Crippen molar-refractivity contribution in [1.82, 2.24) is 10.6 Å². The number of urea groups is 1. The summed E-state index contributed by atoms with van der Waals surface area (Å²) in [6.45, 7) is 1.14. The first-order chi connectivity index (χ1) is 12.9. The van der Waals surface area contributed by atoms with E-state index in [4.69, 9.17) is 4.74 Å². The number of ketones is 1. The number of benzene rings is 1. The fourth-order valence-corrected chi connectivity index (χ4v) is 5.73. The molecule has 144 valence electrons. The highest BCUT2D eigenvalue weighted by Crippen LogP contribution is 2.55. The van der Waals surface area contributed by atoms with Crippen LogP contribution in [-0.4, -0.2) is 29.9 Å². The summed E-state index contributed by atoms with van der Waals surface area (Å²) in [6, 6.07) is 6.32. The van der Waals surface area contributed by atoms with Crippen molar-refractivity contribution in [1.29, 1.82) is 0 Å². The molecule has 0 atom stereocenters. The minimum Gasteiger partial charge on any atom is -0.483 e. The topological polar surface area (TPSA) is 84.5 Å². The predicted molar refractivity (Wildman–Crippen MR) is 99.5 cm³/mol. The number of carbonyl (C=O) groups is 3. The van der Waals surface area contributed by atoms with Gasteiger partial charge < -0.3 is 10.1 Å². The van der Waals surface area contributed by atoms with E-state index in [-0.39, 0.29) is 17.9 Å². The fraction of sp³-hybridized carbons (Fsp3) is 0.571. The SMILES string of the molecule is CC(=O)c1ccccc1OCC(=O)NC(=O)NC12CC3CC(CC(C3)C1)C2. The molecule has 27 heavy (non-hydrogen) atoms. The lowest BCUT2D eigenvalue weighted by Gasteiger charge is -2.56. The Balaban J connectivity index is 1.30. The van der Waals surface area contributed by atoms with Crippen molar-refractivity contribution in [3.8, 4) is 5.75 Å². The summed E-state index contributed by atoms with van der Waals surface area (Å²) in [4.78, 5) is 36.1. The minimum absolute atomic E-state index is 0.134. The van der Waals surface area contributed by atoms with Gasteiger partial charge in [0.05, 0.1) is 5.56 Å². The number of imide groups is 1. The monoisotopic (exact) mass is 370 g/mol. The minimum atomic E-state index is -0.518. The summed E-state index contributed by atoms with van der Waals surface area (Å²) in [5.41, 5.74) is 0.282. The quantitative estimate of drug-likeness (QED) is 0.780. The Bertz CT molecular complexity index is 738. The van der Waals surface area contributed by atoms with E-state index in [1.165, 1.54) is 26.2 Å². The smallest absolute Gasteiger partial charge is 0.321 e. The maximum Gasteiger partial charge on any atom is 0.321 e. The zero-order valence-electron chi connectivity index (χ0n) is 15.6. The standard InChI is InChI=1S/C21H26N2O4/c1-13(24)17-4-2-3-5-18(17)27-12-19(25)22-20(26)23-21-9-14-6-15(10-21)8-16(7-14)11-21/h2-5,14-16H,6-12H2,1H3,(H2,22,23,25,26). The molecule has 1 aromatic rings. The maximum atomic E-state index is 12.4. The zero-order chi connectivity index (χ0) is 19.0. The van der Waals surface area contributed by atoms with Crippen LogP contribution < -0.4 is 15.4 Å². The number of ether oxygens (including phenoxy) is 1. The van der Waals surface area contributed by atoms with Gasteiger partial charge in [-0.3, -0.25) is 14.9 Å². The Labute approximate surface area is 159 Å². The molecular formula is C21H26N2O4. The van der Waals surface area contributed by atoms with E-state index >= 15 is 0 Å². The van der Waals surface area contributed by atoms with Gasteiger partial charge >= 0.3 is 6.03 Å². The molecule has 0 aromatic heterocycles. The van der Waals surface area contributed by atoms with E-state index in [0.29, 0.717) is 11.3 Å². The summed E-state index contributed by atoms with van der Waals surface area (Å²) < 4.78 is 5.44. The second kappa shape index (κ2) is 6.98. The molecule has 4 aliphatic rings. The van der Waals surface area contributed by atoms with E-state index in [2.05, 4.69) is 10.6 Å². The second-order valence-electron chi connectivity index (χ2n) is 8.54. The summed E-state index contributed by atoms with van der Waals surface area (Å²) in [5, 5.41) is 5.48. The molecule has 6 nitrogen and oxygen atoms in total. The first kappa shape index (κ1) is 18.0. The third-order valence-electron chi connectivity index (χ3n) is 6.30. The zero-order valence-corrected chi connectivity index (χ0v) is 15.6. The molecule has 3 amide bonds. The molecule has 2 N–H and O–H groups in total. The van der Waals surface area contributed by atoms with Gasteiger partial charge in [-0.1, -0.05) is 12.1 Å². The number of hydrogen-bond donors (Lipinski definition) is 2. The van der Waals surface area contributed by atoms with Crippen molar-refractivity contribution in [2.45, 2.75) is 51.0 Å². The largest absolute Gasteiger partial charge is 0.483 e. The van der Waals surface area contributed by atoms with E-state index in [1.807, 2.05) is 0 Å². The van der Waals surface area contributed by atoms with Crippen LogP contribution in [0.4, 0.5) is 4.79 Å². The molecule has 0 spiro atoms. The molecule has 0 heterocycles. The Morgan fingerprint density at radius 2 is 1.63 bits per heavy atom. The molecule has 0 saturated heterocycles. The van der Waals surface area contributed by atoms with Crippen LogP contribution in [0.5, 0.6) is 5.75 Å². The molecule has 4 aliphatic carbocycles. The van der Waals surface area contributed by atoms with Gasteiger partial charge in [0.1, 0.15) is 5.75 Å². The van der Waals surface area contributed by atoms with Crippen LogP contribution in [0.3, 0.4) is 0 Å². The second-order valence-corrected chi connectivity index (χ2v) is 8.54. The number of carbonyl (C=O) groups excluding carboxylic acids is 3. The molecule has 0 radical (unpaired) electrons. The third-order valence-corrected chi connectivity index (χ3v) is 6.30. The van der Waals surface area contributed by atoms with E-state index in [1.54, 1.807) is 24.3 Å². The normalized spacial score (nSPS) is 30.6. The summed E-state index contributed by atoms with van der Waals surface area (Å²) in [5.74, 6) is 1.86. The molecule has 0 aliphatic heterocycles. The van der Waals surface area contributed by atoms with Crippen molar-refractivity contribution in [3.63, 3.8) is 0 Å². The van der Waals surface area contributed by atoms with Gasteiger partial charge in [0.25, 0.3) is 5.91 Å². The highest BCUT2D eigenvalue weighted by molar-refractivity contribution is 5.97. The lowest BCUT2D eigenvalue weighted by molar-refractivity contribution is -0.122. The van der Waals surface area contributed by atoms with Crippen LogP contribution in [0.25, 0.3) is 0 Å². The molecule has 0 unspecified atom stereocenters. The van der Waals surface area contributed by atoms with Crippen molar-refractivity contribution in [2.75, 3.05) is 6.61 Å². The summed E-state index contributed by atoms with van der Waals surface area (Å²) in [6.07, 6.45) is 6.98. The van der Waals surface area contributed by atoms with Gasteiger partial charge in [-0.05, 0) is 75.3 Å². The molecule has 4 saturated carbocycles. The average molecular weight is 370 g/mol. The summed E-state index contributed by atoms with van der Waals surface area (Å²) in [7, 11) is 0. The van der Waals surface area contributed by atoms with E-state index < -0.39 is 11.9 Å². The Morgan fingerprint density at radius 1 is 1.04 bits per heavy atom. The number of rotatable bonds is 5. The van der Waals surface area contributed by atoms with Crippen LogP contribution >= 0.6 is 0 Å². The lowest BCUT2D eigenvalue weighted by atomic mass is 9.53. The van der Waals surface area contributed by atoms with Crippen LogP contribution in [0, 0.1) is 17.8 Å². The Morgan fingerprint density at radius 3 is 2.22 bits per heavy atom. The number of para-hydroxylation sites is 1. The van der Waals surface area contributed by atoms with Crippen molar-refractivity contribution in [3.05, 3.63) is 29.8 Å². The highest BCUT2D eigenvalue weighted by atomic mass is 16.5. The number of hydrogen-bond acceptors (Lipinski definition) is 4. The lowest BCUT2D eigenvalue weighted by Crippen LogP contribution is -2.62. The van der Waals surface area contributed by atoms with Crippen molar-refractivity contribution >= 4 is 17.7 Å². The van der Waals surface area contributed by atoms with E-state index in [0.717, 1.165) is 37.0 Å². The van der Waals surface area contributed by atoms with Crippen molar-refractivity contribution in [2.24, 2.45) is 17.8 Å². The van der Waals surface area contributed by atoms with Gasteiger partial charge in [-0.15, -0.1) is 0 Å². The molecule has 6 heteroatoms. The van der Waals surface area contributed by atoms with Crippen LogP contribution in [0.15, 0.2) is 24.3 Å². The molecule has 4 bridgehead atoms. The molecular weight excluding hydrogens is 344 g/mol. The predicted octanol–water partition coefficient (Wildman–Crippen LogP) is 3.06. The van der Waals surface area contributed by atoms with Gasteiger partial charge in [-0.25, -0.2) is 4.79 Å². The van der Waals surface area contributed by atoms with E-state index in [9.17, 15) is 14.4 Å². The molecule has 1 aromatic carbocycles. The van der Waals surface area contributed by atoms with Gasteiger partial charge in [0.2, 0.25) is 0 Å². The van der Waals surface area contributed by atoms with Gasteiger partial charge in [0.15, 0.2) is 12.4 Å². The Hall–Kier alpha value is -2.37. The third kappa shape index (κ3) is 3.84. The van der Waals surface area contributed by atoms with Gasteiger partial charge in [0, 0.05) is 5.54 Å². The first-order valence-corrected chi connectivity index (χ1v) is 9.77. The Kier molecular flexibility index (Phi) is 4.66. The van der Waals surface area contributed by atoms with Crippen LogP contribution in [-0.2, 0) is 4.79 Å².